The molecule has 1 aliphatic carbocycles. The zero-order valence-electron chi connectivity index (χ0n) is 14.5. The fourth-order valence-corrected chi connectivity index (χ4v) is 3.70. The second-order valence-electron chi connectivity index (χ2n) is 5.82. The smallest absolute Gasteiger partial charge is 0.335 e. The Morgan fingerprint density at radius 3 is 2.25 bits per heavy atom. The fraction of sp³-hybridized carbons (Fsp3) is 0. The van der Waals surface area contributed by atoms with Crippen LogP contribution in [0.3, 0.4) is 0 Å². The molecule has 1 heterocycles. The van der Waals surface area contributed by atoms with Crippen molar-refractivity contribution in [1.82, 2.24) is 11.1 Å². The number of hydrogen-bond donors (Lipinski definition) is 3. The SMILES string of the molecule is N.O=C(O)c1cc(N=c2ccc3nc4ccccc4sc-3c2)cc(C(=O)O)c1. The average molecular weight is 393 g/mol. The molecule has 0 radical (unpaired) electrons. The maximum Gasteiger partial charge on any atom is 0.335 e. The Bertz CT molecular complexity index is 1220. The molecule has 0 amide bonds. The van der Waals surface area contributed by atoms with Crippen molar-refractivity contribution >= 4 is 39.2 Å². The molecule has 0 fully saturated rings. The molecular formula is C20H15N3O4S. The highest BCUT2D eigenvalue weighted by Crippen LogP contribution is 2.29. The molecule has 5 N–H and O–H groups in total. The molecule has 7 nitrogen and oxygen atoms in total. The van der Waals surface area contributed by atoms with Gasteiger partial charge in [0.05, 0.1) is 43.0 Å². The largest absolute Gasteiger partial charge is 0.478 e. The van der Waals surface area contributed by atoms with Gasteiger partial charge >= 0.3 is 11.9 Å². The van der Waals surface area contributed by atoms with E-state index >= 15 is 0 Å². The van der Waals surface area contributed by atoms with Crippen LogP contribution in [0.5, 0.6) is 0 Å². The fourth-order valence-electron chi connectivity index (χ4n) is 2.70. The van der Waals surface area contributed by atoms with Crippen molar-refractivity contribution in [3.8, 4) is 10.6 Å². The number of para-hydroxylation sites is 1. The lowest BCUT2D eigenvalue weighted by Gasteiger charge is -2.06. The molecule has 0 bridgehead atoms. The van der Waals surface area contributed by atoms with Crippen LogP contribution in [0.15, 0.2) is 65.7 Å². The van der Waals surface area contributed by atoms with Gasteiger partial charge in [-0.3, -0.25) is 0 Å². The predicted molar refractivity (Wildman–Crippen MR) is 107 cm³/mol. The Morgan fingerprint density at radius 1 is 0.893 bits per heavy atom. The standard InChI is InChI=1S/C20H12N2O4S.H3N/c23-19(24)11-7-12(20(25)26)9-14(8-11)21-13-5-6-16-18(10-13)27-17-4-2-1-3-15(17)22-16;/h1-10H,(H,23,24)(H,25,26);1H3. The summed E-state index contributed by atoms with van der Waals surface area (Å²) in [6, 6.07) is 17.1. The first kappa shape index (κ1) is 19.2. The Hall–Kier alpha value is -3.62. The average Bonchev–Trinajstić information content (AvgIpc) is 2.66. The highest BCUT2D eigenvalue weighted by atomic mass is 32.1. The van der Waals surface area contributed by atoms with Crippen LogP contribution in [0.1, 0.15) is 20.7 Å². The normalized spacial score (nSPS) is 11.4. The first-order valence-corrected chi connectivity index (χ1v) is 8.77. The quantitative estimate of drug-likeness (QED) is 0.447. The van der Waals surface area contributed by atoms with E-state index in [0.717, 1.165) is 26.9 Å². The molecule has 2 aromatic rings. The number of carbonyl (C=O) groups is 2. The van der Waals surface area contributed by atoms with Crippen molar-refractivity contribution in [3.05, 3.63) is 77.1 Å². The van der Waals surface area contributed by atoms with Crippen LogP contribution in [0.2, 0.25) is 0 Å². The van der Waals surface area contributed by atoms with E-state index in [9.17, 15) is 19.8 Å². The van der Waals surface area contributed by atoms with E-state index in [1.165, 1.54) is 12.1 Å². The van der Waals surface area contributed by atoms with Crippen molar-refractivity contribution in [2.24, 2.45) is 4.99 Å². The number of carboxylic acids is 2. The highest BCUT2D eigenvalue weighted by Gasteiger charge is 2.11. The number of aromatic carboxylic acids is 2. The maximum absolute atomic E-state index is 11.2. The molecule has 0 aromatic heterocycles. The van der Waals surface area contributed by atoms with Gasteiger partial charge < -0.3 is 16.4 Å². The van der Waals surface area contributed by atoms with Crippen molar-refractivity contribution in [2.45, 2.75) is 0 Å². The van der Waals surface area contributed by atoms with Crippen molar-refractivity contribution in [2.75, 3.05) is 0 Å². The number of hydrogen-bond acceptors (Lipinski definition) is 6. The van der Waals surface area contributed by atoms with Gasteiger partial charge in [-0.15, -0.1) is 11.3 Å². The van der Waals surface area contributed by atoms with Crippen LogP contribution in [-0.2, 0) is 0 Å². The van der Waals surface area contributed by atoms with E-state index in [2.05, 4.69) is 9.98 Å². The van der Waals surface area contributed by atoms with E-state index < -0.39 is 11.9 Å². The van der Waals surface area contributed by atoms with Gasteiger partial charge in [-0.05, 0) is 48.5 Å². The minimum atomic E-state index is -1.20. The summed E-state index contributed by atoms with van der Waals surface area (Å²) in [6.45, 7) is 0. The van der Waals surface area contributed by atoms with Gasteiger partial charge in [0.2, 0.25) is 0 Å². The summed E-state index contributed by atoms with van der Waals surface area (Å²) in [5, 5.41) is 19.0. The van der Waals surface area contributed by atoms with Crippen LogP contribution < -0.4 is 11.5 Å². The molecule has 0 saturated carbocycles. The van der Waals surface area contributed by atoms with Crippen LogP contribution in [0, 0.1) is 0 Å². The lowest BCUT2D eigenvalue weighted by atomic mass is 10.1. The van der Waals surface area contributed by atoms with Gasteiger partial charge in [-0.1, -0.05) is 12.1 Å². The molecule has 0 unspecified atom stereocenters. The number of aromatic nitrogens is 1. The van der Waals surface area contributed by atoms with E-state index in [1.54, 1.807) is 17.4 Å². The molecule has 0 saturated heterocycles. The van der Waals surface area contributed by atoms with Gasteiger partial charge in [0.25, 0.3) is 0 Å². The molecular weight excluding hydrogens is 378 g/mol. The van der Waals surface area contributed by atoms with Crippen LogP contribution in [-0.4, -0.2) is 27.1 Å². The summed E-state index contributed by atoms with van der Waals surface area (Å²) >= 11 is 1.58. The summed E-state index contributed by atoms with van der Waals surface area (Å²) in [7, 11) is 0. The molecule has 0 atom stereocenters. The zero-order chi connectivity index (χ0) is 19.0. The van der Waals surface area contributed by atoms with E-state index in [4.69, 9.17) is 0 Å². The molecule has 4 rings (SSSR count). The van der Waals surface area contributed by atoms with Gasteiger partial charge in [0.15, 0.2) is 0 Å². The summed E-state index contributed by atoms with van der Waals surface area (Å²) in [4.78, 5) is 32.4. The number of fused-ring (bicyclic) bond motifs is 2. The molecule has 1 aliphatic heterocycles. The Kier molecular flexibility index (Phi) is 5.16. The number of nitrogens with zero attached hydrogens (tertiary/aromatic N) is 2. The lowest BCUT2D eigenvalue weighted by molar-refractivity contribution is 0.0696. The second-order valence-corrected chi connectivity index (χ2v) is 6.91. The third-order valence-electron chi connectivity index (χ3n) is 3.94. The van der Waals surface area contributed by atoms with Crippen LogP contribution >= 0.6 is 11.3 Å². The molecule has 140 valence electrons. The summed E-state index contributed by atoms with van der Waals surface area (Å²) in [6.07, 6.45) is 0. The van der Waals surface area contributed by atoms with Gasteiger partial charge in [-0.2, -0.15) is 0 Å². The minimum absolute atomic E-state index is 0. The molecule has 0 spiro atoms. The molecule has 2 aromatic carbocycles. The topological polar surface area (TPSA) is 135 Å². The summed E-state index contributed by atoms with van der Waals surface area (Å²) < 4.78 is 1.04. The second kappa shape index (κ2) is 7.55. The van der Waals surface area contributed by atoms with Crippen LogP contribution in [0.25, 0.3) is 20.8 Å². The van der Waals surface area contributed by atoms with Gasteiger partial charge in [0.1, 0.15) is 0 Å². The Morgan fingerprint density at radius 2 is 1.57 bits per heavy atom. The van der Waals surface area contributed by atoms with Gasteiger partial charge in [-0.25, -0.2) is 19.6 Å². The Labute approximate surface area is 163 Å². The molecule has 2 aliphatic rings. The summed E-state index contributed by atoms with van der Waals surface area (Å²) in [5.74, 6) is -2.41. The number of rotatable bonds is 3. The minimum Gasteiger partial charge on any atom is -0.478 e. The van der Waals surface area contributed by atoms with Gasteiger partial charge in [0, 0.05) is 0 Å². The van der Waals surface area contributed by atoms with Crippen molar-refractivity contribution in [1.29, 1.82) is 0 Å². The first-order valence-electron chi connectivity index (χ1n) is 7.96. The monoisotopic (exact) mass is 393 g/mol. The third-order valence-corrected chi connectivity index (χ3v) is 5.05. The highest BCUT2D eigenvalue weighted by molar-refractivity contribution is 7.21. The van der Waals surface area contributed by atoms with E-state index in [0.29, 0.717) is 5.36 Å². The lowest BCUT2D eigenvalue weighted by Crippen LogP contribution is -2.04. The third kappa shape index (κ3) is 3.73. The molecule has 8 heteroatoms. The van der Waals surface area contributed by atoms with Crippen molar-refractivity contribution < 1.29 is 19.8 Å². The first-order chi connectivity index (χ1) is 13.0. The van der Waals surface area contributed by atoms with Crippen LogP contribution in [0.4, 0.5) is 5.69 Å². The Balaban J connectivity index is 0.00000225. The number of carboxylic acid groups (broad SMARTS) is 2. The van der Waals surface area contributed by atoms with E-state index in [1.807, 2.05) is 36.4 Å². The number of benzene rings is 3. The van der Waals surface area contributed by atoms with Crippen molar-refractivity contribution in [3.63, 3.8) is 0 Å². The molecule has 28 heavy (non-hydrogen) atoms. The van der Waals surface area contributed by atoms with E-state index in [-0.39, 0.29) is 23.0 Å². The zero-order valence-corrected chi connectivity index (χ0v) is 15.3. The summed E-state index contributed by atoms with van der Waals surface area (Å²) in [5.41, 5.74) is 1.78. The predicted octanol–water partition coefficient (Wildman–Crippen LogP) is 4.19. The maximum atomic E-state index is 11.2.